The molecule has 0 bridgehead atoms. The Morgan fingerprint density at radius 3 is 2.75 bits per heavy atom. The number of carbonyl (C=O) groups excluding carboxylic acids is 1. The number of nitrogens with zero attached hydrogens (tertiary/aromatic N) is 3. The molecule has 0 atom stereocenters. The highest BCUT2D eigenvalue weighted by molar-refractivity contribution is 7.90. The first-order valence-electron chi connectivity index (χ1n) is 8.23. The predicted octanol–water partition coefficient (Wildman–Crippen LogP) is 1.95. The summed E-state index contributed by atoms with van der Waals surface area (Å²) in [6, 6.07) is 3.91. The van der Waals surface area contributed by atoms with Crippen LogP contribution in [0.1, 0.15) is 22.8 Å². The SMILES string of the molecule is CCN(C)S(=O)(=O)Nc1cccc(C(=O)c2c[nH]c3ncnc(OC)c23)c1F. The smallest absolute Gasteiger partial charge is 0.301 e. The van der Waals surface area contributed by atoms with Gasteiger partial charge in [0.2, 0.25) is 5.88 Å². The van der Waals surface area contributed by atoms with Crippen molar-refractivity contribution in [1.29, 1.82) is 0 Å². The molecule has 2 aromatic heterocycles. The van der Waals surface area contributed by atoms with Gasteiger partial charge in [-0.15, -0.1) is 0 Å². The van der Waals surface area contributed by atoms with E-state index in [4.69, 9.17) is 4.74 Å². The Bertz CT molecular complexity index is 1150. The molecule has 3 rings (SSSR count). The lowest BCUT2D eigenvalue weighted by atomic mass is 10.0. The van der Waals surface area contributed by atoms with E-state index in [-0.39, 0.29) is 29.2 Å². The van der Waals surface area contributed by atoms with Crippen LogP contribution in [0, 0.1) is 5.82 Å². The summed E-state index contributed by atoms with van der Waals surface area (Å²) in [6.45, 7) is 1.84. The minimum absolute atomic E-state index is 0.108. The molecule has 0 spiro atoms. The van der Waals surface area contributed by atoms with E-state index in [9.17, 15) is 17.6 Å². The van der Waals surface area contributed by atoms with Crippen molar-refractivity contribution < 1.29 is 22.3 Å². The van der Waals surface area contributed by atoms with Crippen LogP contribution in [0.25, 0.3) is 11.0 Å². The summed E-state index contributed by atoms with van der Waals surface area (Å²) in [5.41, 5.74) is -0.158. The molecule has 9 nitrogen and oxygen atoms in total. The molecule has 0 amide bonds. The Kier molecular flexibility index (Phi) is 5.29. The molecule has 0 fully saturated rings. The number of ketones is 1. The number of halogens is 1. The Labute approximate surface area is 160 Å². The number of hydrogen-bond donors (Lipinski definition) is 2. The van der Waals surface area contributed by atoms with Gasteiger partial charge >= 0.3 is 10.2 Å². The van der Waals surface area contributed by atoms with Gasteiger partial charge in [0.25, 0.3) is 0 Å². The van der Waals surface area contributed by atoms with E-state index in [1.54, 1.807) is 6.92 Å². The number of anilines is 1. The Morgan fingerprint density at radius 1 is 1.32 bits per heavy atom. The summed E-state index contributed by atoms with van der Waals surface area (Å²) < 4.78 is 47.6. The van der Waals surface area contributed by atoms with Crippen LogP contribution in [0.5, 0.6) is 5.88 Å². The molecule has 28 heavy (non-hydrogen) atoms. The lowest BCUT2D eigenvalue weighted by molar-refractivity contribution is 0.103. The first kappa shape index (κ1) is 19.7. The number of H-pyrrole nitrogens is 1. The Morgan fingerprint density at radius 2 is 2.07 bits per heavy atom. The van der Waals surface area contributed by atoms with Gasteiger partial charge in [0.1, 0.15) is 12.0 Å². The van der Waals surface area contributed by atoms with Gasteiger partial charge < -0.3 is 9.72 Å². The van der Waals surface area contributed by atoms with E-state index >= 15 is 0 Å². The standard InChI is InChI=1S/C17H18FN5O4S/c1-4-23(2)28(25,26)22-12-7-5-6-10(14(12)18)15(24)11-8-19-16-13(11)17(27-3)21-9-20-16/h5-9,22H,4H2,1-3H3,(H,19,20,21). The molecular weight excluding hydrogens is 389 g/mol. The van der Waals surface area contributed by atoms with Crippen molar-refractivity contribution >= 4 is 32.7 Å². The van der Waals surface area contributed by atoms with Crippen LogP contribution in [-0.4, -0.2) is 54.2 Å². The molecule has 0 aliphatic carbocycles. The maximum Gasteiger partial charge on any atom is 0.301 e. The van der Waals surface area contributed by atoms with E-state index in [0.717, 1.165) is 4.31 Å². The number of ether oxygens (including phenoxy) is 1. The van der Waals surface area contributed by atoms with E-state index in [1.807, 2.05) is 0 Å². The normalized spacial score (nSPS) is 11.8. The zero-order chi connectivity index (χ0) is 20.5. The fraction of sp³-hybridized carbons (Fsp3) is 0.235. The van der Waals surface area contributed by atoms with E-state index in [1.165, 1.54) is 44.9 Å². The summed E-state index contributed by atoms with van der Waals surface area (Å²) in [5, 5.41) is 0.311. The number of aromatic nitrogens is 3. The second-order valence-electron chi connectivity index (χ2n) is 5.83. The third kappa shape index (κ3) is 3.41. The summed E-state index contributed by atoms with van der Waals surface area (Å²) in [4.78, 5) is 23.7. The fourth-order valence-corrected chi connectivity index (χ4v) is 3.52. The average molecular weight is 407 g/mol. The highest BCUT2D eigenvalue weighted by Gasteiger charge is 2.24. The van der Waals surface area contributed by atoms with Crippen LogP contribution in [0.2, 0.25) is 0 Å². The fourth-order valence-electron chi connectivity index (χ4n) is 2.59. The lowest BCUT2D eigenvalue weighted by Crippen LogP contribution is -2.32. The van der Waals surface area contributed by atoms with Gasteiger partial charge in [-0.1, -0.05) is 13.0 Å². The quantitative estimate of drug-likeness (QED) is 0.578. The number of hydrogen-bond acceptors (Lipinski definition) is 6. The van der Waals surface area contributed by atoms with Crippen molar-refractivity contribution in [3.8, 4) is 5.88 Å². The van der Waals surface area contributed by atoms with E-state index < -0.39 is 21.8 Å². The molecule has 0 aliphatic rings. The van der Waals surface area contributed by atoms with Crippen molar-refractivity contribution in [3.63, 3.8) is 0 Å². The Hall–Kier alpha value is -3.05. The molecule has 2 N–H and O–H groups in total. The molecule has 148 valence electrons. The number of rotatable bonds is 7. The van der Waals surface area contributed by atoms with Gasteiger partial charge in [-0.25, -0.2) is 14.4 Å². The first-order valence-corrected chi connectivity index (χ1v) is 9.67. The minimum atomic E-state index is -3.94. The summed E-state index contributed by atoms with van der Waals surface area (Å²) in [6.07, 6.45) is 2.65. The monoisotopic (exact) mass is 407 g/mol. The van der Waals surface area contributed by atoms with Crippen LogP contribution in [0.3, 0.4) is 0 Å². The first-order chi connectivity index (χ1) is 13.3. The van der Waals surface area contributed by atoms with Crippen LogP contribution in [0.4, 0.5) is 10.1 Å². The molecule has 0 aliphatic heterocycles. The van der Waals surface area contributed by atoms with Crippen molar-refractivity contribution in [2.75, 3.05) is 25.4 Å². The third-order valence-electron chi connectivity index (χ3n) is 4.21. The molecule has 3 aromatic rings. The van der Waals surface area contributed by atoms with Gasteiger partial charge in [0, 0.05) is 19.8 Å². The summed E-state index contributed by atoms with van der Waals surface area (Å²) >= 11 is 0. The number of benzene rings is 1. The molecule has 0 saturated heterocycles. The summed E-state index contributed by atoms with van der Waals surface area (Å²) in [5.74, 6) is -1.48. The van der Waals surface area contributed by atoms with Gasteiger partial charge in [0.15, 0.2) is 11.6 Å². The van der Waals surface area contributed by atoms with Crippen LogP contribution < -0.4 is 9.46 Å². The van der Waals surface area contributed by atoms with Crippen molar-refractivity contribution in [3.05, 3.63) is 47.7 Å². The molecule has 2 heterocycles. The highest BCUT2D eigenvalue weighted by Crippen LogP contribution is 2.29. The van der Waals surface area contributed by atoms with Crippen molar-refractivity contribution in [1.82, 2.24) is 19.3 Å². The van der Waals surface area contributed by atoms with Gasteiger partial charge in [-0.05, 0) is 12.1 Å². The predicted molar refractivity (Wildman–Crippen MR) is 101 cm³/mol. The third-order valence-corrected chi connectivity index (χ3v) is 5.77. The van der Waals surface area contributed by atoms with Crippen LogP contribution >= 0.6 is 0 Å². The largest absolute Gasteiger partial charge is 0.480 e. The number of methoxy groups -OCH3 is 1. The number of carbonyl (C=O) groups is 1. The zero-order valence-electron chi connectivity index (χ0n) is 15.4. The maximum atomic E-state index is 15.0. The minimum Gasteiger partial charge on any atom is -0.480 e. The average Bonchev–Trinajstić information content (AvgIpc) is 3.12. The van der Waals surface area contributed by atoms with Gasteiger partial charge in [-0.2, -0.15) is 12.7 Å². The molecule has 11 heteroatoms. The number of nitrogens with one attached hydrogen (secondary N) is 2. The van der Waals surface area contributed by atoms with E-state index in [2.05, 4.69) is 19.7 Å². The Balaban J connectivity index is 2.05. The van der Waals surface area contributed by atoms with Gasteiger partial charge in [-0.3, -0.25) is 9.52 Å². The zero-order valence-corrected chi connectivity index (χ0v) is 16.2. The molecule has 0 radical (unpaired) electrons. The molecular formula is C17H18FN5O4S. The van der Waals surface area contributed by atoms with Crippen LogP contribution in [-0.2, 0) is 10.2 Å². The lowest BCUT2D eigenvalue weighted by Gasteiger charge is -2.17. The van der Waals surface area contributed by atoms with Crippen LogP contribution in [0.15, 0.2) is 30.7 Å². The molecule has 1 aromatic carbocycles. The number of fused-ring (bicyclic) bond motifs is 1. The second kappa shape index (κ2) is 7.52. The second-order valence-corrected chi connectivity index (χ2v) is 7.60. The topological polar surface area (TPSA) is 117 Å². The van der Waals surface area contributed by atoms with Gasteiger partial charge in [0.05, 0.1) is 29.3 Å². The van der Waals surface area contributed by atoms with Crippen molar-refractivity contribution in [2.45, 2.75) is 6.92 Å². The number of aromatic amines is 1. The molecule has 0 saturated carbocycles. The summed E-state index contributed by atoms with van der Waals surface area (Å²) in [7, 11) is -1.19. The van der Waals surface area contributed by atoms with E-state index in [0.29, 0.717) is 11.0 Å². The maximum absolute atomic E-state index is 15.0. The highest BCUT2D eigenvalue weighted by atomic mass is 32.2. The molecule has 0 unspecified atom stereocenters. The van der Waals surface area contributed by atoms with Crippen molar-refractivity contribution in [2.24, 2.45) is 0 Å².